The van der Waals surface area contributed by atoms with Crippen molar-refractivity contribution in [2.75, 3.05) is 31.1 Å². The van der Waals surface area contributed by atoms with Crippen molar-refractivity contribution >= 4 is 32.7 Å². The first kappa shape index (κ1) is 25.2. The van der Waals surface area contributed by atoms with Crippen molar-refractivity contribution in [1.29, 1.82) is 0 Å². The van der Waals surface area contributed by atoms with Crippen LogP contribution < -0.4 is 9.64 Å². The Morgan fingerprint density at radius 1 is 1.23 bits per heavy atom. The summed E-state index contributed by atoms with van der Waals surface area (Å²) in [5.41, 5.74) is 1.99. The molecule has 35 heavy (non-hydrogen) atoms. The normalized spacial score (nSPS) is 17.2. The topological polar surface area (TPSA) is 65.9 Å². The molecule has 4 rings (SSSR count). The SMILES string of the molecule is CCCC1CN(c2nc3ccc(C(F)(F)F)cc3s2)CCN1Cc1cc(C)cc(OCC(=O)O)c1. The molecule has 1 N–H and O–H groups in total. The standard InChI is InChI=1S/C25H28F3N3O3S/c1-3-4-19-14-31(24-29-21-6-5-18(25(26,27)28)12-22(21)35-24)8-7-30(19)13-17-9-16(2)10-20(11-17)34-15-23(32)33/h5-6,9-12,19H,3-4,7-8,13-15H2,1-2H3,(H,32,33). The highest BCUT2D eigenvalue weighted by Gasteiger charge is 2.32. The number of carboxylic acids is 1. The number of halogens is 3. The van der Waals surface area contributed by atoms with Gasteiger partial charge in [-0.05, 0) is 54.8 Å². The second kappa shape index (κ2) is 10.4. The number of fused-ring (bicyclic) bond motifs is 1. The van der Waals surface area contributed by atoms with Crippen LogP contribution in [-0.4, -0.2) is 53.2 Å². The fourth-order valence-corrected chi connectivity index (χ4v) is 5.52. The summed E-state index contributed by atoms with van der Waals surface area (Å²) in [4.78, 5) is 20.0. The second-order valence-electron chi connectivity index (χ2n) is 8.87. The second-order valence-corrected chi connectivity index (χ2v) is 9.88. The van der Waals surface area contributed by atoms with Crippen molar-refractivity contribution < 1.29 is 27.8 Å². The van der Waals surface area contributed by atoms with Crippen molar-refractivity contribution in [1.82, 2.24) is 9.88 Å². The Labute approximate surface area is 205 Å². The molecule has 0 saturated carbocycles. The van der Waals surface area contributed by atoms with Crippen LogP contribution in [0.15, 0.2) is 36.4 Å². The van der Waals surface area contributed by atoms with Gasteiger partial charge in [0.25, 0.3) is 0 Å². The predicted molar refractivity (Wildman–Crippen MR) is 130 cm³/mol. The number of hydrogen-bond donors (Lipinski definition) is 1. The zero-order chi connectivity index (χ0) is 25.2. The Hall–Kier alpha value is -2.85. The number of aryl methyl sites for hydroxylation is 1. The lowest BCUT2D eigenvalue weighted by Crippen LogP contribution is -2.52. The number of carboxylic acid groups (broad SMARTS) is 1. The van der Waals surface area contributed by atoms with Gasteiger partial charge in [-0.3, -0.25) is 4.90 Å². The van der Waals surface area contributed by atoms with Crippen LogP contribution in [-0.2, 0) is 17.5 Å². The van der Waals surface area contributed by atoms with Crippen molar-refractivity contribution in [3.8, 4) is 5.75 Å². The van der Waals surface area contributed by atoms with Crippen molar-refractivity contribution in [2.24, 2.45) is 0 Å². The Morgan fingerprint density at radius 3 is 2.74 bits per heavy atom. The van der Waals surface area contributed by atoms with Gasteiger partial charge in [-0.2, -0.15) is 13.2 Å². The number of piperazine rings is 1. The van der Waals surface area contributed by atoms with Crippen LogP contribution in [0.1, 0.15) is 36.5 Å². The summed E-state index contributed by atoms with van der Waals surface area (Å²) in [6, 6.07) is 9.75. The van der Waals surface area contributed by atoms with Gasteiger partial charge in [-0.25, -0.2) is 9.78 Å². The fraction of sp³-hybridized carbons (Fsp3) is 0.440. The lowest BCUT2D eigenvalue weighted by Gasteiger charge is -2.41. The number of nitrogens with zero attached hydrogens (tertiary/aromatic N) is 3. The van der Waals surface area contributed by atoms with Gasteiger partial charge in [0.2, 0.25) is 0 Å². The average molecular weight is 508 g/mol. The Balaban J connectivity index is 1.49. The highest BCUT2D eigenvalue weighted by molar-refractivity contribution is 7.22. The molecule has 1 atom stereocenters. The third-order valence-electron chi connectivity index (χ3n) is 6.06. The molecule has 1 aliphatic heterocycles. The molecule has 1 unspecified atom stereocenters. The Bertz CT molecular complexity index is 1200. The van der Waals surface area contributed by atoms with Gasteiger partial charge in [0.1, 0.15) is 5.75 Å². The van der Waals surface area contributed by atoms with Gasteiger partial charge in [-0.1, -0.05) is 30.7 Å². The van der Waals surface area contributed by atoms with Crippen molar-refractivity contribution in [3.63, 3.8) is 0 Å². The number of aromatic nitrogens is 1. The molecular formula is C25H28F3N3O3S. The molecule has 0 spiro atoms. The molecule has 0 bridgehead atoms. The van der Waals surface area contributed by atoms with Crippen molar-refractivity contribution in [2.45, 2.75) is 45.5 Å². The molecule has 3 aromatic rings. The molecule has 1 fully saturated rings. The van der Waals surface area contributed by atoms with Gasteiger partial charge < -0.3 is 14.7 Å². The average Bonchev–Trinajstić information content (AvgIpc) is 3.21. The largest absolute Gasteiger partial charge is 0.482 e. The van der Waals surface area contributed by atoms with Crippen LogP contribution in [0.25, 0.3) is 10.2 Å². The Kier molecular flexibility index (Phi) is 7.51. The molecule has 0 aliphatic carbocycles. The van der Waals surface area contributed by atoms with Crippen LogP contribution in [0.3, 0.4) is 0 Å². The lowest BCUT2D eigenvalue weighted by molar-refractivity contribution is -0.139. The quantitative estimate of drug-likeness (QED) is 0.430. The number of anilines is 1. The number of aliphatic carboxylic acids is 1. The zero-order valence-electron chi connectivity index (χ0n) is 19.6. The van der Waals surface area contributed by atoms with E-state index in [1.807, 2.05) is 19.1 Å². The summed E-state index contributed by atoms with van der Waals surface area (Å²) in [6.45, 7) is 6.67. The molecule has 6 nitrogen and oxygen atoms in total. The maximum atomic E-state index is 13.1. The van der Waals surface area contributed by atoms with Crippen LogP contribution in [0.5, 0.6) is 5.75 Å². The fourth-order valence-electron chi connectivity index (χ4n) is 4.48. The van der Waals surface area contributed by atoms with Crippen LogP contribution >= 0.6 is 11.3 Å². The van der Waals surface area contributed by atoms with E-state index in [-0.39, 0.29) is 12.6 Å². The summed E-state index contributed by atoms with van der Waals surface area (Å²) in [6.07, 6.45) is -2.39. The summed E-state index contributed by atoms with van der Waals surface area (Å²) in [7, 11) is 0. The number of hydrogen-bond acceptors (Lipinski definition) is 6. The van der Waals surface area contributed by atoms with E-state index in [2.05, 4.69) is 27.8 Å². The predicted octanol–water partition coefficient (Wildman–Crippen LogP) is 5.58. The van der Waals surface area contributed by atoms with Gasteiger partial charge >= 0.3 is 12.1 Å². The summed E-state index contributed by atoms with van der Waals surface area (Å²) >= 11 is 1.30. The van der Waals surface area contributed by atoms with Gasteiger partial charge in [0.05, 0.1) is 15.8 Å². The minimum atomic E-state index is -4.37. The smallest absolute Gasteiger partial charge is 0.416 e. The van der Waals surface area contributed by atoms with E-state index in [0.29, 0.717) is 22.5 Å². The summed E-state index contributed by atoms with van der Waals surface area (Å²) < 4.78 is 45.2. The van der Waals surface area contributed by atoms with E-state index in [9.17, 15) is 18.0 Å². The van der Waals surface area contributed by atoms with E-state index >= 15 is 0 Å². The van der Waals surface area contributed by atoms with E-state index < -0.39 is 17.7 Å². The first-order valence-corrected chi connectivity index (χ1v) is 12.4. The zero-order valence-corrected chi connectivity index (χ0v) is 20.5. The number of rotatable bonds is 8. The van der Waals surface area contributed by atoms with Gasteiger partial charge in [-0.15, -0.1) is 0 Å². The van der Waals surface area contributed by atoms with E-state index in [1.54, 1.807) is 0 Å². The maximum Gasteiger partial charge on any atom is 0.416 e. The first-order chi connectivity index (χ1) is 16.6. The van der Waals surface area contributed by atoms with E-state index in [0.717, 1.165) is 54.8 Å². The van der Waals surface area contributed by atoms with Crippen LogP contribution in [0.4, 0.5) is 18.3 Å². The first-order valence-electron chi connectivity index (χ1n) is 11.5. The lowest BCUT2D eigenvalue weighted by atomic mass is 10.0. The van der Waals surface area contributed by atoms with Gasteiger partial charge in [0.15, 0.2) is 11.7 Å². The third kappa shape index (κ3) is 6.24. The highest BCUT2D eigenvalue weighted by Crippen LogP contribution is 2.36. The highest BCUT2D eigenvalue weighted by atomic mass is 32.1. The summed E-state index contributed by atoms with van der Waals surface area (Å²) in [5, 5.41) is 9.64. The molecule has 1 saturated heterocycles. The molecule has 2 heterocycles. The molecule has 10 heteroatoms. The monoisotopic (exact) mass is 507 g/mol. The number of benzene rings is 2. The molecule has 188 valence electrons. The molecule has 1 aromatic heterocycles. The molecular weight excluding hydrogens is 479 g/mol. The van der Waals surface area contributed by atoms with E-state index in [4.69, 9.17) is 9.84 Å². The van der Waals surface area contributed by atoms with Crippen LogP contribution in [0, 0.1) is 6.92 Å². The van der Waals surface area contributed by atoms with E-state index in [1.165, 1.54) is 23.5 Å². The number of ether oxygens (including phenoxy) is 1. The molecule has 2 aromatic carbocycles. The Morgan fingerprint density at radius 2 is 2.03 bits per heavy atom. The minimum Gasteiger partial charge on any atom is -0.482 e. The minimum absolute atomic E-state index is 0.260. The van der Waals surface area contributed by atoms with Crippen LogP contribution in [0.2, 0.25) is 0 Å². The number of alkyl halides is 3. The molecule has 0 radical (unpaired) electrons. The maximum absolute atomic E-state index is 13.1. The molecule has 1 aliphatic rings. The molecule has 0 amide bonds. The third-order valence-corrected chi connectivity index (χ3v) is 7.14. The summed E-state index contributed by atoms with van der Waals surface area (Å²) in [5.74, 6) is -0.475. The number of carbonyl (C=O) groups is 1. The number of thiazole rings is 1. The van der Waals surface area contributed by atoms with Crippen molar-refractivity contribution in [3.05, 3.63) is 53.1 Å². The van der Waals surface area contributed by atoms with Gasteiger partial charge in [0, 0.05) is 32.2 Å².